The van der Waals surface area contributed by atoms with Crippen molar-refractivity contribution in [2.45, 2.75) is 60.0 Å². The van der Waals surface area contributed by atoms with E-state index in [1.807, 2.05) is 32.0 Å². The predicted molar refractivity (Wildman–Crippen MR) is 150 cm³/mol. The molecule has 0 bridgehead atoms. The van der Waals surface area contributed by atoms with Crippen LogP contribution in [-0.4, -0.2) is 30.5 Å². The lowest BCUT2D eigenvalue weighted by Crippen LogP contribution is -2.30. The molecule has 2 N–H and O–H groups in total. The fourth-order valence-corrected chi connectivity index (χ4v) is 5.89. The molecule has 200 valence electrons. The first-order valence-electron chi connectivity index (χ1n) is 12.9. The Labute approximate surface area is 227 Å². The minimum absolute atomic E-state index is 0.261. The maximum atomic E-state index is 13.1. The summed E-state index contributed by atoms with van der Waals surface area (Å²) in [4.78, 5) is 39.6. The summed E-state index contributed by atoms with van der Waals surface area (Å²) >= 11 is 1.46. The van der Waals surface area contributed by atoms with Gasteiger partial charge in [-0.3, -0.25) is 9.59 Å². The average molecular weight is 535 g/mol. The first kappa shape index (κ1) is 27.4. The SMILES string of the molecule is CCOC(=O)c1c(NC(=O)c2ccc(O[C@@H](C)C(=O)Nc3cccc(C)c3C)cc2)sc2c1CC[C@@H](C)C2. The van der Waals surface area contributed by atoms with E-state index in [1.54, 1.807) is 38.1 Å². The molecule has 0 saturated carbocycles. The lowest BCUT2D eigenvalue weighted by atomic mass is 9.88. The van der Waals surface area contributed by atoms with Crippen molar-refractivity contribution < 1.29 is 23.9 Å². The molecular formula is C30H34N2O5S. The van der Waals surface area contributed by atoms with Crippen molar-refractivity contribution in [2.24, 2.45) is 5.92 Å². The van der Waals surface area contributed by atoms with Crippen LogP contribution in [0.3, 0.4) is 0 Å². The number of thiophene rings is 1. The van der Waals surface area contributed by atoms with Gasteiger partial charge in [0.1, 0.15) is 10.8 Å². The summed E-state index contributed by atoms with van der Waals surface area (Å²) in [7, 11) is 0. The van der Waals surface area contributed by atoms with Crippen LogP contribution in [0.5, 0.6) is 5.75 Å². The van der Waals surface area contributed by atoms with Gasteiger partial charge in [0.15, 0.2) is 6.10 Å². The average Bonchev–Trinajstić information content (AvgIpc) is 3.24. The molecule has 0 saturated heterocycles. The van der Waals surface area contributed by atoms with E-state index in [2.05, 4.69) is 17.6 Å². The maximum absolute atomic E-state index is 13.1. The Morgan fingerprint density at radius 3 is 2.53 bits per heavy atom. The van der Waals surface area contributed by atoms with Gasteiger partial charge in [-0.05, 0) is 99.9 Å². The van der Waals surface area contributed by atoms with E-state index in [9.17, 15) is 14.4 Å². The third-order valence-corrected chi connectivity index (χ3v) is 8.05. The molecule has 7 nitrogen and oxygen atoms in total. The Hall–Kier alpha value is -3.65. The van der Waals surface area contributed by atoms with Gasteiger partial charge in [0.05, 0.1) is 12.2 Å². The lowest BCUT2D eigenvalue weighted by Gasteiger charge is -2.18. The van der Waals surface area contributed by atoms with Gasteiger partial charge in [0, 0.05) is 16.1 Å². The summed E-state index contributed by atoms with van der Waals surface area (Å²) in [5.74, 6) is 0.0275. The highest BCUT2D eigenvalue weighted by atomic mass is 32.1. The van der Waals surface area contributed by atoms with Crippen LogP contribution in [0.4, 0.5) is 10.7 Å². The summed E-state index contributed by atoms with van der Waals surface area (Å²) in [6.07, 6.45) is 1.97. The van der Waals surface area contributed by atoms with Gasteiger partial charge in [-0.15, -0.1) is 11.3 Å². The number of rotatable bonds is 8. The monoisotopic (exact) mass is 534 g/mol. The van der Waals surface area contributed by atoms with Crippen molar-refractivity contribution in [3.05, 3.63) is 75.2 Å². The summed E-state index contributed by atoms with van der Waals surface area (Å²) < 4.78 is 11.1. The molecule has 3 aromatic rings. The molecular weight excluding hydrogens is 500 g/mol. The normalized spacial score (nSPS) is 15.2. The zero-order valence-corrected chi connectivity index (χ0v) is 23.3. The van der Waals surface area contributed by atoms with E-state index in [0.717, 1.165) is 46.5 Å². The van der Waals surface area contributed by atoms with Gasteiger partial charge < -0.3 is 20.1 Å². The van der Waals surface area contributed by atoms with Crippen LogP contribution in [-0.2, 0) is 22.4 Å². The van der Waals surface area contributed by atoms with Crippen molar-refractivity contribution in [3.63, 3.8) is 0 Å². The number of anilines is 2. The van der Waals surface area contributed by atoms with E-state index in [0.29, 0.717) is 27.8 Å². The number of ether oxygens (including phenoxy) is 2. The van der Waals surface area contributed by atoms with Crippen LogP contribution in [0.25, 0.3) is 0 Å². The van der Waals surface area contributed by atoms with Gasteiger partial charge in [0.2, 0.25) is 0 Å². The first-order chi connectivity index (χ1) is 18.2. The Kier molecular flexibility index (Phi) is 8.52. The molecule has 8 heteroatoms. The van der Waals surface area contributed by atoms with E-state index >= 15 is 0 Å². The number of fused-ring (bicyclic) bond motifs is 1. The molecule has 2 aromatic carbocycles. The van der Waals surface area contributed by atoms with Crippen molar-refractivity contribution in [3.8, 4) is 5.75 Å². The fourth-order valence-electron chi connectivity index (χ4n) is 4.50. The number of carbonyl (C=O) groups excluding carboxylic acids is 3. The number of benzene rings is 2. The van der Waals surface area contributed by atoms with Crippen molar-refractivity contribution in [2.75, 3.05) is 17.2 Å². The molecule has 2 amide bonds. The van der Waals surface area contributed by atoms with Gasteiger partial charge in [-0.25, -0.2) is 4.79 Å². The van der Waals surface area contributed by atoms with Crippen molar-refractivity contribution in [1.82, 2.24) is 0 Å². The molecule has 38 heavy (non-hydrogen) atoms. The third-order valence-electron chi connectivity index (χ3n) is 6.88. The molecule has 0 fully saturated rings. The Balaban J connectivity index is 1.43. The van der Waals surface area contributed by atoms with Crippen molar-refractivity contribution in [1.29, 1.82) is 0 Å². The van der Waals surface area contributed by atoms with Crippen LogP contribution in [0.2, 0.25) is 0 Å². The molecule has 1 heterocycles. The van der Waals surface area contributed by atoms with E-state index in [4.69, 9.17) is 9.47 Å². The number of esters is 1. The Bertz CT molecular complexity index is 1350. The Morgan fingerprint density at radius 2 is 1.82 bits per heavy atom. The highest BCUT2D eigenvalue weighted by Gasteiger charge is 2.29. The molecule has 0 radical (unpaired) electrons. The summed E-state index contributed by atoms with van der Waals surface area (Å²) in [5, 5.41) is 6.37. The first-order valence-corrected chi connectivity index (χ1v) is 13.8. The number of hydrogen-bond donors (Lipinski definition) is 2. The molecule has 1 aliphatic carbocycles. The van der Waals surface area contributed by atoms with E-state index in [-0.39, 0.29) is 18.4 Å². The minimum Gasteiger partial charge on any atom is -0.481 e. The largest absolute Gasteiger partial charge is 0.481 e. The zero-order chi connectivity index (χ0) is 27.4. The van der Waals surface area contributed by atoms with Crippen LogP contribution in [0, 0.1) is 19.8 Å². The van der Waals surface area contributed by atoms with Crippen LogP contribution >= 0.6 is 11.3 Å². The van der Waals surface area contributed by atoms with E-state index < -0.39 is 12.1 Å². The number of nitrogens with one attached hydrogen (secondary N) is 2. The number of amides is 2. The standard InChI is InChI=1S/C30H34N2O5S/c1-6-36-30(35)26-23-15-10-17(2)16-25(23)38-29(26)32-28(34)21-11-13-22(14-12-21)37-20(5)27(33)31-24-9-7-8-18(3)19(24)4/h7-9,11-14,17,20H,6,10,15-16H2,1-5H3,(H,31,33)(H,32,34)/t17-,20+/m1/s1. The highest BCUT2D eigenvalue weighted by molar-refractivity contribution is 7.17. The van der Waals surface area contributed by atoms with Gasteiger partial charge in [-0.2, -0.15) is 0 Å². The second kappa shape index (κ2) is 11.8. The van der Waals surface area contributed by atoms with Gasteiger partial charge >= 0.3 is 5.97 Å². The van der Waals surface area contributed by atoms with Gasteiger partial charge in [-0.1, -0.05) is 19.1 Å². The molecule has 0 aliphatic heterocycles. The quantitative estimate of drug-likeness (QED) is 0.330. The second-order valence-corrected chi connectivity index (χ2v) is 10.9. The summed E-state index contributed by atoms with van der Waals surface area (Å²) in [5.41, 5.74) is 4.76. The minimum atomic E-state index is -0.735. The summed E-state index contributed by atoms with van der Waals surface area (Å²) in [6, 6.07) is 12.3. The molecule has 0 unspecified atom stereocenters. The van der Waals surface area contributed by atoms with E-state index in [1.165, 1.54) is 11.3 Å². The molecule has 0 spiro atoms. The number of hydrogen-bond acceptors (Lipinski definition) is 6. The lowest BCUT2D eigenvalue weighted by molar-refractivity contribution is -0.122. The fraction of sp³-hybridized carbons (Fsp3) is 0.367. The number of carbonyl (C=O) groups is 3. The highest BCUT2D eigenvalue weighted by Crippen LogP contribution is 2.40. The second-order valence-electron chi connectivity index (χ2n) is 9.75. The van der Waals surface area contributed by atoms with Gasteiger partial charge in [0.25, 0.3) is 11.8 Å². The van der Waals surface area contributed by atoms with Crippen LogP contribution in [0.15, 0.2) is 42.5 Å². The molecule has 1 aromatic heterocycles. The third kappa shape index (κ3) is 6.07. The topological polar surface area (TPSA) is 93.7 Å². The van der Waals surface area contributed by atoms with Crippen LogP contribution < -0.4 is 15.4 Å². The smallest absolute Gasteiger partial charge is 0.341 e. The van der Waals surface area contributed by atoms with Crippen molar-refractivity contribution >= 4 is 39.8 Å². The molecule has 2 atom stereocenters. The molecule has 1 aliphatic rings. The maximum Gasteiger partial charge on any atom is 0.341 e. The molecule has 4 rings (SSSR count). The summed E-state index contributed by atoms with van der Waals surface area (Å²) in [6.45, 7) is 9.87. The number of aryl methyl sites for hydroxylation is 1. The van der Waals surface area contributed by atoms with Crippen LogP contribution in [0.1, 0.15) is 69.5 Å². The predicted octanol–water partition coefficient (Wildman–Crippen LogP) is 6.32. The Morgan fingerprint density at radius 1 is 1.08 bits per heavy atom. The zero-order valence-electron chi connectivity index (χ0n) is 22.5.